The number of aromatic nitrogens is 1. The minimum absolute atomic E-state index is 0.00876. The lowest BCUT2D eigenvalue weighted by molar-refractivity contribution is -0.118. The van der Waals surface area contributed by atoms with Gasteiger partial charge < -0.3 is 11.1 Å². The molecule has 4 N–H and O–H groups in total. The summed E-state index contributed by atoms with van der Waals surface area (Å²) in [7, 11) is -4.02. The van der Waals surface area contributed by atoms with E-state index < -0.39 is 27.5 Å². The second-order valence-corrected chi connectivity index (χ2v) is 11.5. The van der Waals surface area contributed by atoms with Crippen LogP contribution in [0.5, 0.6) is 0 Å². The van der Waals surface area contributed by atoms with Crippen molar-refractivity contribution in [3.63, 3.8) is 0 Å². The lowest BCUT2D eigenvalue weighted by Crippen LogP contribution is -2.45. The van der Waals surface area contributed by atoms with Crippen molar-refractivity contribution in [3.8, 4) is 0 Å². The van der Waals surface area contributed by atoms with Crippen molar-refractivity contribution in [2.45, 2.75) is 50.1 Å². The number of fused-ring (bicyclic) bond motifs is 1. The summed E-state index contributed by atoms with van der Waals surface area (Å²) in [5.41, 5.74) is 8.36. The van der Waals surface area contributed by atoms with Crippen molar-refractivity contribution in [1.82, 2.24) is 9.71 Å². The summed E-state index contributed by atoms with van der Waals surface area (Å²) < 4.78 is 30.6. The molecular formula is C29H32N4O3S. The van der Waals surface area contributed by atoms with Gasteiger partial charge >= 0.3 is 0 Å². The number of carbonyl (C=O) groups excluding carboxylic acids is 1. The molecule has 37 heavy (non-hydrogen) atoms. The second kappa shape index (κ2) is 10.7. The number of benzene rings is 3. The van der Waals surface area contributed by atoms with Gasteiger partial charge in [0.1, 0.15) is 10.7 Å². The normalized spacial score (nSPS) is 12.8. The fourth-order valence-electron chi connectivity index (χ4n) is 4.45. The Kier molecular flexibility index (Phi) is 7.61. The highest BCUT2D eigenvalue weighted by Gasteiger charge is 2.30. The first-order valence-corrected chi connectivity index (χ1v) is 13.6. The molecule has 1 amide bonds. The zero-order valence-corrected chi connectivity index (χ0v) is 22.0. The van der Waals surface area contributed by atoms with Gasteiger partial charge in [0.2, 0.25) is 15.9 Å². The van der Waals surface area contributed by atoms with Gasteiger partial charge in [-0.25, -0.2) is 18.1 Å². The number of sulfonamides is 1. The number of hydrogen-bond donors (Lipinski definition) is 3. The number of para-hydroxylation sites is 1. The monoisotopic (exact) mass is 516 g/mol. The van der Waals surface area contributed by atoms with Crippen LogP contribution in [0.4, 0.5) is 5.82 Å². The Balaban J connectivity index is 1.75. The highest BCUT2D eigenvalue weighted by molar-refractivity contribution is 7.89. The first-order valence-electron chi connectivity index (χ1n) is 12.1. The van der Waals surface area contributed by atoms with Gasteiger partial charge in [-0.2, -0.15) is 0 Å². The average molecular weight is 517 g/mol. The third-order valence-electron chi connectivity index (χ3n) is 6.20. The van der Waals surface area contributed by atoms with Crippen LogP contribution >= 0.6 is 0 Å². The summed E-state index contributed by atoms with van der Waals surface area (Å²) in [5, 5.41) is 3.90. The van der Waals surface area contributed by atoms with Gasteiger partial charge in [-0.1, -0.05) is 72.8 Å². The molecule has 4 aromatic rings. The second-order valence-electron chi connectivity index (χ2n) is 9.90. The molecular weight excluding hydrogens is 484 g/mol. The molecule has 8 heteroatoms. The molecule has 0 saturated carbocycles. The van der Waals surface area contributed by atoms with E-state index in [1.807, 2.05) is 99.6 Å². The number of primary amides is 1. The summed E-state index contributed by atoms with van der Waals surface area (Å²) in [5.74, 6) is -0.350. The van der Waals surface area contributed by atoms with Crippen LogP contribution in [0.25, 0.3) is 10.9 Å². The van der Waals surface area contributed by atoms with Gasteiger partial charge in [0.05, 0.1) is 18.0 Å². The molecule has 1 heterocycles. The van der Waals surface area contributed by atoms with Crippen molar-refractivity contribution in [2.75, 3.05) is 5.32 Å². The van der Waals surface area contributed by atoms with Gasteiger partial charge in [-0.05, 0) is 56.0 Å². The predicted molar refractivity (Wildman–Crippen MR) is 148 cm³/mol. The molecule has 0 radical (unpaired) electrons. The van der Waals surface area contributed by atoms with Crippen LogP contribution < -0.4 is 15.8 Å². The van der Waals surface area contributed by atoms with Crippen molar-refractivity contribution in [2.24, 2.45) is 5.73 Å². The first kappa shape index (κ1) is 26.3. The van der Waals surface area contributed by atoms with Gasteiger partial charge in [-0.15, -0.1) is 0 Å². The number of amides is 1. The smallest absolute Gasteiger partial charge is 0.244 e. The van der Waals surface area contributed by atoms with E-state index in [0.717, 1.165) is 16.7 Å². The quantitative estimate of drug-likeness (QED) is 0.278. The van der Waals surface area contributed by atoms with Crippen LogP contribution in [0.1, 0.15) is 43.0 Å². The van der Waals surface area contributed by atoms with Gasteiger partial charge in [0.15, 0.2) is 0 Å². The van der Waals surface area contributed by atoms with E-state index in [1.54, 1.807) is 6.07 Å². The summed E-state index contributed by atoms with van der Waals surface area (Å²) >= 11 is 0. The number of carbonyl (C=O) groups is 1. The maximum Gasteiger partial charge on any atom is 0.244 e. The maximum atomic E-state index is 13.8. The third-order valence-corrected chi connectivity index (χ3v) is 7.91. The number of nitrogens with one attached hydrogen (secondary N) is 2. The van der Waals surface area contributed by atoms with Crippen molar-refractivity contribution >= 4 is 32.7 Å². The number of aryl methyl sites for hydroxylation is 1. The summed E-state index contributed by atoms with van der Waals surface area (Å²) in [4.78, 5) is 16.6. The van der Waals surface area contributed by atoms with Crippen LogP contribution in [0, 0.1) is 6.92 Å². The van der Waals surface area contributed by atoms with Gasteiger partial charge in [-0.3, -0.25) is 4.79 Å². The Hall–Kier alpha value is -3.75. The summed E-state index contributed by atoms with van der Waals surface area (Å²) in [6, 6.07) is 25.6. The van der Waals surface area contributed by atoms with E-state index in [-0.39, 0.29) is 17.1 Å². The SMILES string of the molecule is Cc1ccccc1CC(C)(C)NS(=O)(=O)c1cc2ccccc2nc1NC(CC(N)=O)c1ccccc1. The number of pyridine rings is 1. The maximum absolute atomic E-state index is 13.8. The molecule has 1 unspecified atom stereocenters. The van der Waals surface area contributed by atoms with Crippen LogP contribution in [0.2, 0.25) is 0 Å². The molecule has 0 saturated heterocycles. The highest BCUT2D eigenvalue weighted by Crippen LogP contribution is 2.30. The first-order chi connectivity index (χ1) is 17.5. The molecule has 3 aromatic carbocycles. The fourth-order valence-corrected chi connectivity index (χ4v) is 6.00. The summed E-state index contributed by atoms with van der Waals surface area (Å²) in [6.45, 7) is 5.73. The van der Waals surface area contributed by atoms with Crippen molar-refractivity contribution in [1.29, 1.82) is 0 Å². The lowest BCUT2D eigenvalue weighted by Gasteiger charge is -2.28. The van der Waals surface area contributed by atoms with E-state index in [4.69, 9.17) is 5.73 Å². The number of nitrogens with two attached hydrogens (primary N) is 1. The molecule has 1 atom stereocenters. The largest absolute Gasteiger partial charge is 0.370 e. The van der Waals surface area contributed by atoms with E-state index in [0.29, 0.717) is 17.3 Å². The van der Waals surface area contributed by atoms with Crippen LogP contribution in [0.15, 0.2) is 89.8 Å². The van der Waals surface area contributed by atoms with Crippen LogP contribution in [-0.2, 0) is 21.2 Å². The molecule has 4 rings (SSSR count). The number of rotatable bonds is 10. The number of nitrogens with zero attached hydrogens (tertiary/aromatic N) is 1. The lowest BCUT2D eigenvalue weighted by atomic mass is 9.93. The number of hydrogen-bond acceptors (Lipinski definition) is 5. The van der Waals surface area contributed by atoms with Gasteiger partial charge in [0, 0.05) is 10.9 Å². The Bertz CT molecular complexity index is 1520. The topological polar surface area (TPSA) is 114 Å². The molecule has 7 nitrogen and oxygen atoms in total. The molecule has 0 aliphatic heterocycles. The van der Waals surface area contributed by atoms with Crippen molar-refractivity contribution < 1.29 is 13.2 Å². The highest BCUT2D eigenvalue weighted by atomic mass is 32.2. The van der Waals surface area contributed by atoms with E-state index in [9.17, 15) is 13.2 Å². The molecule has 0 bridgehead atoms. The molecule has 0 aliphatic rings. The standard InChI is InChI=1S/C29H32N4O3S/c1-20-11-7-8-15-23(20)19-29(2,3)33-37(35,36)26-17-22-14-9-10-16-24(22)31-28(26)32-25(18-27(30)34)21-12-5-4-6-13-21/h4-17,25,33H,18-19H2,1-3H3,(H2,30,34)(H,31,32). The average Bonchev–Trinajstić information content (AvgIpc) is 2.84. The van der Waals surface area contributed by atoms with Crippen LogP contribution in [0.3, 0.4) is 0 Å². The Labute approximate surface area is 218 Å². The van der Waals surface area contributed by atoms with Crippen molar-refractivity contribution in [3.05, 3.63) is 102 Å². The number of anilines is 1. The minimum atomic E-state index is -4.02. The zero-order chi connectivity index (χ0) is 26.6. The molecule has 0 spiro atoms. The van der Waals surface area contributed by atoms with E-state index in [2.05, 4.69) is 15.0 Å². The molecule has 1 aromatic heterocycles. The summed E-state index contributed by atoms with van der Waals surface area (Å²) in [6.07, 6.45) is 0.487. The Morgan fingerprint density at radius 1 is 0.973 bits per heavy atom. The Morgan fingerprint density at radius 3 is 2.32 bits per heavy atom. The molecule has 0 aliphatic carbocycles. The fraction of sp³-hybridized carbons (Fsp3) is 0.241. The van der Waals surface area contributed by atoms with Crippen LogP contribution in [-0.4, -0.2) is 24.8 Å². The minimum Gasteiger partial charge on any atom is -0.370 e. The predicted octanol–water partition coefficient (Wildman–Crippen LogP) is 4.87. The molecule has 192 valence electrons. The third kappa shape index (κ3) is 6.53. The molecule has 0 fully saturated rings. The Morgan fingerprint density at radius 2 is 1.62 bits per heavy atom. The van der Waals surface area contributed by atoms with E-state index >= 15 is 0 Å². The van der Waals surface area contributed by atoms with E-state index in [1.165, 1.54) is 0 Å². The van der Waals surface area contributed by atoms with Gasteiger partial charge in [0.25, 0.3) is 0 Å². The zero-order valence-electron chi connectivity index (χ0n) is 21.2.